The Hall–Kier alpha value is -3.35. The van der Waals surface area contributed by atoms with Crippen LogP contribution in [0, 0.1) is 0 Å². The van der Waals surface area contributed by atoms with E-state index in [4.69, 9.17) is 28.5 Å². The standard InChI is InChI=1S/C19H18O7/c1-22-16-6-11(7-17(23-2)19(16)24-3)14-9-26-15-5-4-12(8-13(14)15)25-10-18(20)21/h4-9H,10H2,1-3H3,(H,20,21). The maximum Gasteiger partial charge on any atom is 0.341 e. The van der Waals surface area contributed by atoms with Gasteiger partial charge in [-0.15, -0.1) is 0 Å². The van der Waals surface area contributed by atoms with Crippen LogP contribution in [-0.4, -0.2) is 39.0 Å². The highest BCUT2D eigenvalue weighted by molar-refractivity contribution is 5.95. The van der Waals surface area contributed by atoms with E-state index in [1.807, 2.05) is 12.1 Å². The molecule has 0 bridgehead atoms. The van der Waals surface area contributed by atoms with E-state index in [-0.39, 0.29) is 0 Å². The molecule has 0 fully saturated rings. The van der Waals surface area contributed by atoms with Gasteiger partial charge in [-0.2, -0.15) is 0 Å². The topological polar surface area (TPSA) is 87.4 Å². The summed E-state index contributed by atoms with van der Waals surface area (Å²) in [5, 5.41) is 9.54. The summed E-state index contributed by atoms with van der Waals surface area (Å²) in [5.41, 5.74) is 2.24. The minimum absolute atomic E-state index is 0.414. The minimum atomic E-state index is -1.04. The molecule has 2 aromatic carbocycles. The summed E-state index contributed by atoms with van der Waals surface area (Å²) in [6, 6.07) is 8.76. The zero-order valence-corrected chi connectivity index (χ0v) is 14.6. The Kier molecular flexibility index (Phi) is 4.88. The Morgan fingerprint density at radius 3 is 2.31 bits per heavy atom. The van der Waals surface area contributed by atoms with E-state index >= 15 is 0 Å². The number of rotatable bonds is 7. The van der Waals surface area contributed by atoms with E-state index in [0.29, 0.717) is 28.6 Å². The van der Waals surface area contributed by atoms with Crippen molar-refractivity contribution in [2.75, 3.05) is 27.9 Å². The van der Waals surface area contributed by atoms with Crippen LogP contribution in [0.3, 0.4) is 0 Å². The van der Waals surface area contributed by atoms with E-state index in [2.05, 4.69) is 0 Å². The molecule has 0 radical (unpaired) electrons. The number of carbonyl (C=O) groups is 1. The molecule has 0 amide bonds. The summed E-state index contributed by atoms with van der Waals surface area (Å²) in [6.45, 7) is -0.414. The maximum absolute atomic E-state index is 10.7. The number of benzene rings is 2. The monoisotopic (exact) mass is 358 g/mol. The van der Waals surface area contributed by atoms with Crippen LogP contribution >= 0.6 is 0 Å². The van der Waals surface area contributed by atoms with Gasteiger partial charge in [-0.1, -0.05) is 0 Å². The van der Waals surface area contributed by atoms with Crippen LogP contribution < -0.4 is 18.9 Å². The molecule has 1 aromatic heterocycles. The Morgan fingerprint density at radius 2 is 1.73 bits per heavy atom. The molecule has 0 unspecified atom stereocenters. The smallest absolute Gasteiger partial charge is 0.341 e. The lowest BCUT2D eigenvalue weighted by Gasteiger charge is -2.13. The number of methoxy groups -OCH3 is 3. The van der Waals surface area contributed by atoms with Gasteiger partial charge in [0.1, 0.15) is 11.3 Å². The van der Waals surface area contributed by atoms with Crippen molar-refractivity contribution in [2.24, 2.45) is 0 Å². The highest BCUT2D eigenvalue weighted by atomic mass is 16.5. The van der Waals surface area contributed by atoms with Gasteiger partial charge in [-0.25, -0.2) is 4.79 Å². The average molecular weight is 358 g/mol. The van der Waals surface area contributed by atoms with Crippen molar-refractivity contribution in [3.8, 4) is 34.1 Å². The Labute approximate surface area is 149 Å². The first-order valence-electron chi connectivity index (χ1n) is 7.73. The molecule has 3 aromatic rings. The van der Waals surface area contributed by atoms with Gasteiger partial charge in [0.05, 0.1) is 27.6 Å². The summed E-state index contributed by atoms with van der Waals surface area (Å²) in [5.74, 6) is 0.943. The van der Waals surface area contributed by atoms with Crippen LogP contribution in [0.25, 0.3) is 22.1 Å². The third kappa shape index (κ3) is 3.23. The van der Waals surface area contributed by atoms with Crippen molar-refractivity contribution in [2.45, 2.75) is 0 Å². The highest BCUT2D eigenvalue weighted by Crippen LogP contribution is 2.43. The normalized spacial score (nSPS) is 10.6. The quantitative estimate of drug-likeness (QED) is 0.690. The molecule has 7 heteroatoms. The number of ether oxygens (including phenoxy) is 4. The lowest BCUT2D eigenvalue weighted by atomic mass is 10.0. The summed E-state index contributed by atoms with van der Waals surface area (Å²) in [4.78, 5) is 10.7. The molecule has 0 saturated heterocycles. The number of carboxylic acid groups (broad SMARTS) is 1. The molecular weight excluding hydrogens is 340 g/mol. The first kappa shape index (κ1) is 17.5. The average Bonchev–Trinajstić information content (AvgIpc) is 3.08. The second-order valence-electron chi connectivity index (χ2n) is 5.40. The summed E-state index contributed by atoms with van der Waals surface area (Å²) < 4.78 is 27.0. The van der Waals surface area contributed by atoms with E-state index in [1.54, 1.807) is 45.8 Å². The van der Waals surface area contributed by atoms with Crippen LogP contribution in [0.15, 0.2) is 41.0 Å². The van der Waals surface area contributed by atoms with Crippen molar-refractivity contribution in [3.05, 3.63) is 36.6 Å². The van der Waals surface area contributed by atoms with Gasteiger partial charge in [-0.3, -0.25) is 0 Å². The second kappa shape index (κ2) is 7.26. The van der Waals surface area contributed by atoms with E-state index in [0.717, 1.165) is 16.5 Å². The molecule has 0 aliphatic heterocycles. The van der Waals surface area contributed by atoms with E-state index in [1.165, 1.54) is 0 Å². The van der Waals surface area contributed by atoms with Gasteiger partial charge in [0, 0.05) is 10.9 Å². The van der Waals surface area contributed by atoms with E-state index < -0.39 is 12.6 Å². The molecule has 0 atom stereocenters. The number of hydrogen-bond donors (Lipinski definition) is 1. The summed E-state index contributed by atoms with van der Waals surface area (Å²) in [7, 11) is 4.64. The molecule has 26 heavy (non-hydrogen) atoms. The molecule has 7 nitrogen and oxygen atoms in total. The van der Waals surface area contributed by atoms with Gasteiger partial charge in [-0.05, 0) is 35.9 Å². The maximum atomic E-state index is 10.7. The summed E-state index contributed by atoms with van der Waals surface area (Å²) >= 11 is 0. The largest absolute Gasteiger partial charge is 0.493 e. The van der Waals surface area contributed by atoms with Crippen LogP contribution in [0.5, 0.6) is 23.0 Å². The number of aliphatic carboxylic acids is 1. The van der Waals surface area contributed by atoms with Gasteiger partial charge in [0.15, 0.2) is 18.1 Å². The van der Waals surface area contributed by atoms with Crippen molar-refractivity contribution < 1.29 is 33.3 Å². The predicted molar refractivity (Wildman–Crippen MR) is 94.4 cm³/mol. The second-order valence-corrected chi connectivity index (χ2v) is 5.40. The molecule has 0 saturated carbocycles. The Morgan fingerprint density at radius 1 is 1.04 bits per heavy atom. The lowest BCUT2D eigenvalue weighted by molar-refractivity contribution is -0.139. The molecule has 136 valence electrons. The van der Waals surface area contributed by atoms with Gasteiger partial charge >= 0.3 is 5.97 Å². The first-order chi connectivity index (χ1) is 12.6. The molecule has 1 N–H and O–H groups in total. The number of carboxylic acids is 1. The van der Waals surface area contributed by atoms with Crippen molar-refractivity contribution in [1.82, 2.24) is 0 Å². The lowest BCUT2D eigenvalue weighted by Crippen LogP contribution is -2.09. The molecule has 0 aliphatic carbocycles. The fourth-order valence-electron chi connectivity index (χ4n) is 2.70. The number of hydrogen-bond acceptors (Lipinski definition) is 6. The third-order valence-corrected chi connectivity index (χ3v) is 3.88. The molecule has 0 spiro atoms. The van der Waals surface area contributed by atoms with E-state index in [9.17, 15) is 4.79 Å². The van der Waals surface area contributed by atoms with Crippen LogP contribution in [0.4, 0.5) is 0 Å². The van der Waals surface area contributed by atoms with Crippen LogP contribution in [0.1, 0.15) is 0 Å². The van der Waals surface area contributed by atoms with Gasteiger partial charge in [0.25, 0.3) is 0 Å². The zero-order valence-electron chi connectivity index (χ0n) is 14.6. The SMILES string of the molecule is COc1cc(-c2coc3ccc(OCC(=O)O)cc23)cc(OC)c1OC. The molecule has 3 rings (SSSR count). The van der Waals surface area contributed by atoms with Gasteiger partial charge in [0.2, 0.25) is 5.75 Å². The minimum Gasteiger partial charge on any atom is -0.493 e. The predicted octanol–water partition coefficient (Wildman–Crippen LogP) is 3.59. The molecular formula is C19H18O7. The Balaban J connectivity index is 2.10. The third-order valence-electron chi connectivity index (χ3n) is 3.88. The van der Waals surface area contributed by atoms with Crippen molar-refractivity contribution in [3.63, 3.8) is 0 Å². The van der Waals surface area contributed by atoms with Crippen molar-refractivity contribution >= 4 is 16.9 Å². The first-order valence-corrected chi connectivity index (χ1v) is 7.73. The number of furan rings is 1. The van der Waals surface area contributed by atoms with Gasteiger partial charge < -0.3 is 28.5 Å². The summed E-state index contributed by atoms with van der Waals surface area (Å²) in [6.07, 6.45) is 1.62. The van der Waals surface area contributed by atoms with Crippen LogP contribution in [-0.2, 0) is 4.79 Å². The van der Waals surface area contributed by atoms with Crippen molar-refractivity contribution in [1.29, 1.82) is 0 Å². The van der Waals surface area contributed by atoms with Crippen LogP contribution in [0.2, 0.25) is 0 Å². The molecule has 1 heterocycles. The fourth-order valence-corrected chi connectivity index (χ4v) is 2.70. The Bertz CT molecular complexity index is 917. The number of fused-ring (bicyclic) bond motifs is 1. The zero-order chi connectivity index (χ0) is 18.7. The fraction of sp³-hybridized carbons (Fsp3) is 0.211. The highest BCUT2D eigenvalue weighted by Gasteiger charge is 2.17. The molecule has 0 aliphatic rings.